The first-order valence-electron chi connectivity index (χ1n) is 8.74. The standard InChI is InChI=1S/C18H20N6O3/c1-4-24-13(5-9(2)22-24)17(26)21-18-20-12-6-11(16(19)25)7-14-15(12)23(18)8-10(3)27-14/h5-7,10H,4,8H2,1-3H3,(H2,19,25)(H,20,21,26)/t10-/m1/s1. The van der Waals surface area contributed by atoms with Gasteiger partial charge >= 0.3 is 0 Å². The molecule has 0 saturated heterocycles. The molecule has 1 atom stereocenters. The molecule has 9 nitrogen and oxygen atoms in total. The minimum Gasteiger partial charge on any atom is -0.487 e. The summed E-state index contributed by atoms with van der Waals surface area (Å²) in [7, 11) is 0. The number of imidazole rings is 1. The smallest absolute Gasteiger partial charge is 0.276 e. The van der Waals surface area contributed by atoms with Crippen LogP contribution in [0.3, 0.4) is 0 Å². The molecule has 3 N–H and O–H groups in total. The summed E-state index contributed by atoms with van der Waals surface area (Å²) in [5, 5.41) is 7.17. The summed E-state index contributed by atoms with van der Waals surface area (Å²) in [6.07, 6.45) is -0.142. The monoisotopic (exact) mass is 368 g/mol. The van der Waals surface area contributed by atoms with Crippen molar-refractivity contribution in [3.63, 3.8) is 0 Å². The molecule has 140 valence electrons. The molecular weight excluding hydrogens is 348 g/mol. The Bertz CT molecular complexity index is 1080. The van der Waals surface area contributed by atoms with Crippen molar-refractivity contribution in [3.8, 4) is 5.75 Å². The van der Waals surface area contributed by atoms with Crippen molar-refractivity contribution in [3.05, 3.63) is 35.2 Å². The maximum atomic E-state index is 12.8. The number of ether oxygens (including phenoxy) is 1. The van der Waals surface area contributed by atoms with Crippen molar-refractivity contribution in [2.24, 2.45) is 5.73 Å². The Morgan fingerprint density at radius 1 is 1.37 bits per heavy atom. The number of hydrogen-bond donors (Lipinski definition) is 2. The third-order valence-corrected chi connectivity index (χ3v) is 4.52. The van der Waals surface area contributed by atoms with Gasteiger partial charge in [0.2, 0.25) is 11.9 Å². The summed E-state index contributed by atoms with van der Waals surface area (Å²) < 4.78 is 9.38. The van der Waals surface area contributed by atoms with Crippen molar-refractivity contribution < 1.29 is 14.3 Å². The molecule has 0 spiro atoms. The van der Waals surface area contributed by atoms with Crippen LogP contribution in [-0.2, 0) is 13.1 Å². The molecule has 0 radical (unpaired) electrons. The predicted molar refractivity (Wildman–Crippen MR) is 98.9 cm³/mol. The molecule has 0 bridgehead atoms. The molecule has 0 fully saturated rings. The van der Waals surface area contributed by atoms with Crippen molar-refractivity contribution >= 4 is 28.8 Å². The predicted octanol–water partition coefficient (Wildman–Crippen LogP) is 1.69. The number of aryl methyl sites for hydroxylation is 2. The fourth-order valence-electron chi connectivity index (χ4n) is 3.38. The van der Waals surface area contributed by atoms with Crippen LogP contribution in [0.25, 0.3) is 11.0 Å². The van der Waals surface area contributed by atoms with Crippen LogP contribution in [0.5, 0.6) is 5.75 Å². The molecule has 0 unspecified atom stereocenters. The van der Waals surface area contributed by atoms with Gasteiger partial charge in [0, 0.05) is 12.1 Å². The Morgan fingerprint density at radius 2 is 2.15 bits per heavy atom. The molecule has 0 aliphatic carbocycles. The van der Waals surface area contributed by atoms with E-state index < -0.39 is 5.91 Å². The van der Waals surface area contributed by atoms with Gasteiger partial charge in [0.15, 0.2) is 0 Å². The maximum Gasteiger partial charge on any atom is 0.276 e. The Kier molecular flexibility index (Phi) is 3.87. The number of anilines is 1. The van der Waals surface area contributed by atoms with Gasteiger partial charge < -0.3 is 15.0 Å². The summed E-state index contributed by atoms with van der Waals surface area (Å²) in [5.41, 5.74) is 8.23. The zero-order valence-electron chi connectivity index (χ0n) is 15.3. The van der Waals surface area contributed by atoms with E-state index in [4.69, 9.17) is 10.5 Å². The van der Waals surface area contributed by atoms with Crippen molar-refractivity contribution in [1.82, 2.24) is 19.3 Å². The van der Waals surface area contributed by atoms with E-state index in [1.807, 2.05) is 25.3 Å². The summed E-state index contributed by atoms with van der Waals surface area (Å²) in [4.78, 5) is 28.9. The van der Waals surface area contributed by atoms with Crippen LogP contribution in [0.4, 0.5) is 5.95 Å². The first kappa shape index (κ1) is 17.1. The third-order valence-electron chi connectivity index (χ3n) is 4.52. The van der Waals surface area contributed by atoms with E-state index in [1.165, 1.54) is 0 Å². The highest BCUT2D eigenvalue weighted by molar-refractivity contribution is 6.04. The van der Waals surface area contributed by atoms with Gasteiger partial charge in [-0.15, -0.1) is 0 Å². The Labute approximate surface area is 155 Å². The van der Waals surface area contributed by atoms with E-state index in [0.717, 1.165) is 11.2 Å². The van der Waals surface area contributed by atoms with Gasteiger partial charge in [-0.2, -0.15) is 5.10 Å². The van der Waals surface area contributed by atoms with E-state index in [9.17, 15) is 9.59 Å². The average Bonchev–Trinajstić information content (AvgIpc) is 3.16. The van der Waals surface area contributed by atoms with Gasteiger partial charge in [-0.25, -0.2) is 4.98 Å². The summed E-state index contributed by atoms with van der Waals surface area (Å²) >= 11 is 0. The van der Waals surface area contributed by atoms with Gasteiger partial charge in [-0.1, -0.05) is 0 Å². The van der Waals surface area contributed by atoms with E-state index in [2.05, 4.69) is 15.4 Å². The van der Waals surface area contributed by atoms with E-state index in [0.29, 0.717) is 41.6 Å². The van der Waals surface area contributed by atoms with Crippen molar-refractivity contribution in [2.75, 3.05) is 5.32 Å². The van der Waals surface area contributed by atoms with Gasteiger partial charge in [-0.05, 0) is 39.0 Å². The highest BCUT2D eigenvalue weighted by atomic mass is 16.5. The number of rotatable bonds is 4. The number of primary amides is 1. The maximum absolute atomic E-state index is 12.8. The summed E-state index contributed by atoms with van der Waals surface area (Å²) in [5.74, 6) is 0.0780. The van der Waals surface area contributed by atoms with Crippen LogP contribution in [0, 0.1) is 6.92 Å². The van der Waals surface area contributed by atoms with Crippen LogP contribution >= 0.6 is 0 Å². The summed E-state index contributed by atoms with van der Waals surface area (Å²) in [6.45, 7) is 6.79. The molecule has 9 heteroatoms. The van der Waals surface area contributed by atoms with Crippen LogP contribution < -0.4 is 15.8 Å². The van der Waals surface area contributed by atoms with Crippen LogP contribution in [0.15, 0.2) is 18.2 Å². The minimum atomic E-state index is -0.558. The zero-order valence-corrected chi connectivity index (χ0v) is 15.3. The molecule has 27 heavy (non-hydrogen) atoms. The average molecular weight is 368 g/mol. The first-order chi connectivity index (χ1) is 12.9. The molecule has 3 heterocycles. The molecule has 3 aromatic rings. The fourth-order valence-corrected chi connectivity index (χ4v) is 3.38. The second-order valence-corrected chi connectivity index (χ2v) is 6.62. The molecule has 2 amide bonds. The zero-order chi connectivity index (χ0) is 19.3. The number of nitrogens with two attached hydrogens (primary N) is 1. The second-order valence-electron chi connectivity index (χ2n) is 6.62. The van der Waals surface area contributed by atoms with Crippen molar-refractivity contribution in [1.29, 1.82) is 0 Å². The minimum absolute atomic E-state index is 0.142. The van der Waals surface area contributed by atoms with Gasteiger partial charge in [0.1, 0.15) is 23.1 Å². The Morgan fingerprint density at radius 3 is 2.85 bits per heavy atom. The molecule has 1 aromatic carbocycles. The number of benzene rings is 1. The van der Waals surface area contributed by atoms with Gasteiger partial charge in [0.05, 0.1) is 17.8 Å². The Balaban J connectivity index is 1.79. The molecular formula is C18H20N6O3. The number of amides is 2. The topological polar surface area (TPSA) is 117 Å². The fraction of sp³-hybridized carbons (Fsp3) is 0.333. The second kappa shape index (κ2) is 6.11. The SMILES string of the molecule is CCn1nc(C)cc1C(=O)Nc1nc2cc(C(N)=O)cc3c2n1C[C@@H](C)O3. The number of carbonyl (C=O) groups is 2. The molecule has 4 rings (SSSR count). The molecule has 2 aromatic heterocycles. The van der Waals surface area contributed by atoms with Crippen LogP contribution in [0.1, 0.15) is 40.4 Å². The lowest BCUT2D eigenvalue weighted by molar-refractivity contribution is 0.0995. The Hall–Kier alpha value is -3.36. The molecule has 1 aliphatic rings. The lowest BCUT2D eigenvalue weighted by Gasteiger charge is -2.24. The number of nitrogens with zero attached hydrogens (tertiary/aromatic N) is 4. The quantitative estimate of drug-likeness (QED) is 0.727. The van der Waals surface area contributed by atoms with Crippen molar-refractivity contribution in [2.45, 2.75) is 40.0 Å². The van der Waals surface area contributed by atoms with E-state index in [-0.39, 0.29) is 12.0 Å². The van der Waals surface area contributed by atoms with Gasteiger partial charge in [-0.3, -0.25) is 19.6 Å². The number of aromatic nitrogens is 4. The number of carbonyl (C=O) groups excluding carboxylic acids is 2. The number of hydrogen-bond acceptors (Lipinski definition) is 5. The van der Waals surface area contributed by atoms with Crippen LogP contribution in [0.2, 0.25) is 0 Å². The normalized spacial score (nSPS) is 15.6. The summed E-state index contributed by atoms with van der Waals surface area (Å²) in [6, 6.07) is 4.95. The molecule has 0 saturated carbocycles. The van der Waals surface area contributed by atoms with E-state index in [1.54, 1.807) is 22.9 Å². The van der Waals surface area contributed by atoms with Crippen LogP contribution in [-0.4, -0.2) is 37.2 Å². The highest BCUT2D eigenvalue weighted by Gasteiger charge is 2.26. The third kappa shape index (κ3) is 2.80. The highest BCUT2D eigenvalue weighted by Crippen LogP contribution is 2.34. The number of nitrogens with one attached hydrogen (secondary N) is 1. The van der Waals surface area contributed by atoms with Gasteiger partial charge in [0.25, 0.3) is 5.91 Å². The lowest BCUT2D eigenvalue weighted by atomic mass is 10.1. The first-order valence-corrected chi connectivity index (χ1v) is 8.74. The van der Waals surface area contributed by atoms with E-state index >= 15 is 0 Å². The lowest BCUT2D eigenvalue weighted by Crippen LogP contribution is -2.27. The molecule has 1 aliphatic heterocycles. The largest absolute Gasteiger partial charge is 0.487 e.